The van der Waals surface area contributed by atoms with Crippen LogP contribution in [0.15, 0.2) is 42.5 Å². The van der Waals surface area contributed by atoms with Crippen LogP contribution in [0.4, 0.5) is 0 Å². The number of fused-ring (bicyclic) bond motifs is 1. The Hall–Kier alpha value is -3.29. The Labute approximate surface area is 206 Å². The zero-order valence-electron chi connectivity index (χ0n) is 20.8. The molecule has 186 valence electrons. The minimum Gasteiger partial charge on any atom is -0.496 e. The van der Waals surface area contributed by atoms with Crippen LogP contribution in [0, 0.1) is 0 Å². The highest BCUT2D eigenvalue weighted by molar-refractivity contribution is 6.09. The van der Waals surface area contributed by atoms with E-state index in [0.29, 0.717) is 35.2 Å². The van der Waals surface area contributed by atoms with Gasteiger partial charge in [-0.15, -0.1) is 0 Å². The average Bonchev–Trinajstić information content (AvgIpc) is 2.86. The molecule has 0 radical (unpaired) electrons. The van der Waals surface area contributed by atoms with Gasteiger partial charge in [-0.2, -0.15) is 0 Å². The standard InChI is InChI=1S/C28H33NO6/c1-28(2)12-11-22-24(31-3)10-7-21(27(22)35-28)23(30)8-5-20-6-9-25(32-4)26(19-20)34-18-15-29-13-16-33-17-14-29/h5-12,19H,13-18H2,1-4H3. The SMILES string of the molecule is COc1ccc(C=CC(=O)c2ccc(OC)c3c2OC(C)(C)C=C3)cc1OCCN1CCOCC1. The average molecular weight is 480 g/mol. The number of hydrogen-bond acceptors (Lipinski definition) is 7. The molecule has 0 N–H and O–H groups in total. The van der Waals surface area contributed by atoms with Crippen molar-refractivity contribution in [2.24, 2.45) is 0 Å². The summed E-state index contributed by atoms with van der Waals surface area (Å²) in [5, 5.41) is 0. The Morgan fingerprint density at radius 3 is 2.54 bits per heavy atom. The fourth-order valence-corrected chi connectivity index (χ4v) is 4.08. The van der Waals surface area contributed by atoms with Gasteiger partial charge in [-0.1, -0.05) is 12.1 Å². The lowest BCUT2D eigenvalue weighted by Gasteiger charge is -2.29. The van der Waals surface area contributed by atoms with Crippen molar-refractivity contribution < 1.29 is 28.5 Å². The van der Waals surface area contributed by atoms with E-state index in [-0.39, 0.29) is 5.78 Å². The lowest BCUT2D eigenvalue weighted by molar-refractivity contribution is 0.0321. The Balaban J connectivity index is 1.49. The number of rotatable bonds is 9. The Bertz CT molecular complexity index is 1110. The number of benzene rings is 2. The van der Waals surface area contributed by atoms with Gasteiger partial charge >= 0.3 is 0 Å². The summed E-state index contributed by atoms with van der Waals surface area (Å²) < 4.78 is 28.5. The van der Waals surface area contributed by atoms with Gasteiger partial charge in [-0.25, -0.2) is 0 Å². The summed E-state index contributed by atoms with van der Waals surface area (Å²) in [6.07, 6.45) is 7.23. The van der Waals surface area contributed by atoms with Gasteiger partial charge in [0.2, 0.25) is 0 Å². The normalized spacial score (nSPS) is 17.0. The molecule has 0 atom stereocenters. The maximum Gasteiger partial charge on any atom is 0.189 e. The quantitative estimate of drug-likeness (QED) is 0.388. The topological polar surface area (TPSA) is 66.5 Å². The van der Waals surface area contributed by atoms with Crippen molar-refractivity contribution in [2.45, 2.75) is 19.4 Å². The monoisotopic (exact) mass is 479 g/mol. The lowest BCUT2D eigenvalue weighted by atomic mass is 9.97. The second kappa shape index (κ2) is 11.0. The van der Waals surface area contributed by atoms with Crippen LogP contribution in [0.1, 0.15) is 35.3 Å². The van der Waals surface area contributed by atoms with Crippen LogP contribution in [0.5, 0.6) is 23.0 Å². The number of hydrogen-bond donors (Lipinski definition) is 0. The number of carbonyl (C=O) groups excluding carboxylic acids is 1. The van der Waals surface area contributed by atoms with E-state index in [2.05, 4.69) is 4.90 Å². The van der Waals surface area contributed by atoms with E-state index in [1.54, 1.807) is 38.5 Å². The first-order valence-corrected chi connectivity index (χ1v) is 11.8. The number of allylic oxidation sites excluding steroid dienone is 1. The minimum absolute atomic E-state index is 0.152. The molecule has 0 aliphatic carbocycles. The highest BCUT2D eigenvalue weighted by atomic mass is 16.5. The molecule has 0 amide bonds. The number of carbonyl (C=O) groups is 1. The Morgan fingerprint density at radius 2 is 1.80 bits per heavy atom. The minimum atomic E-state index is -0.512. The highest BCUT2D eigenvalue weighted by Crippen LogP contribution is 2.40. The van der Waals surface area contributed by atoms with E-state index in [9.17, 15) is 4.79 Å². The van der Waals surface area contributed by atoms with Crippen molar-refractivity contribution >= 4 is 17.9 Å². The summed E-state index contributed by atoms with van der Waals surface area (Å²) in [6, 6.07) is 9.16. The molecular weight excluding hydrogens is 446 g/mol. The molecule has 2 aromatic rings. The predicted octanol–water partition coefficient (Wildman–Crippen LogP) is 4.50. The van der Waals surface area contributed by atoms with Gasteiger partial charge in [0.25, 0.3) is 0 Å². The molecule has 0 unspecified atom stereocenters. The van der Waals surface area contributed by atoms with Crippen LogP contribution in [0.25, 0.3) is 12.2 Å². The largest absolute Gasteiger partial charge is 0.496 e. The fraction of sp³-hybridized carbons (Fsp3) is 0.393. The van der Waals surface area contributed by atoms with Gasteiger partial charge in [0.1, 0.15) is 23.7 Å². The summed E-state index contributed by atoms with van der Waals surface area (Å²) in [7, 11) is 3.22. The molecule has 7 nitrogen and oxygen atoms in total. The van der Waals surface area contributed by atoms with Crippen molar-refractivity contribution in [3.63, 3.8) is 0 Å². The van der Waals surface area contributed by atoms with Crippen LogP contribution in [-0.4, -0.2) is 70.0 Å². The van der Waals surface area contributed by atoms with Gasteiger partial charge < -0.3 is 23.7 Å². The van der Waals surface area contributed by atoms with Gasteiger partial charge in [0.15, 0.2) is 17.3 Å². The van der Waals surface area contributed by atoms with Gasteiger partial charge in [-0.05, 0) is 61.9 Å². The maximum absolute atomic E-state index is 13.2. The van der Waals surface area contributed by atoms with Crippen LogP contribution in [0.2, 0.25) is 0 Å². The van der Waals surface area contributed by atoms with Gasteiger partial charge in [0.05, 0.1) is 38.6 Å². The molecule has 0 bridgehead atoms. The van der Waals surface area contributed by atoms with Gasteiger partial charge in [-0.3, -0.25) is 9.69 Å². The van der Waals surface area contributed by atoms with Crippen molar-refractivity contribution in [3.05, 3.63) is 59.2 Å². The first-order chi connectivity index (χ1) is 16.9. The number of methoxy groups -OCH3 is 2. The molecule has 2 heterocycles. The third kappa shape index (κ3) is 6.05. The van der Waals surface area contributed by atoms with Gasteiger partial charge in [0, 0.05) is 19.6 Å². The summed E-state index contributed by atoms with van der Waals surface area (Å²) in [5.74, 6) is 2.35. The second-order valence-corrected chi connectivity index (χ2v) is 9.01. The van der Waals surface area contributed by atoms with E-state index in [0.717, 1.165) is 44.0 Å². The molecule has 4 rings (SSSR count). The van der Waals surface area contributed by atoms with Crippen molar-refractivity contribution in [3.8, 4) is 23.0 Å². The summed E-state index contributed by atoms with van der Waals surface area (Å²) in [4.78, 5) is 15.5. The third-order valence-electron chi connectivity index (χ3n) is 6.04. The summed E-state index contributed by atoms with van der Waals surface area (Å²) in [5.41, 5.74) is 1.59. The predicted molar refractivity (Wildman–Crippen MR) is 136 cm³/mol. The van der Waals surface area contributed by atoms with Crippen LogP contribution >= 0.6 is 0 Å². The molecule has 2 aliphatic rings. The summed E-state index contributed by atoms with van der Waals surface area (Å²) in [6.45, 7) is 8.61. The van der Waals surface area contributed by atoms with Crippen molar-refractivity contribution in [1.82, 2.24) is 4.90 Å². The fourth-order valence-electron chi connectivity index (χ4n) is 4.08. The first kappa shape index (κ1) is 24.8. The second-order valence-electron chi connectivity index (χ2n) is 9.01. The number of nitrogens with zero attached hydrogens (tertiary/aromatic N) is 1. The van der Waals surface area contributed by atoms with E-state index in [1.165, 1.54) is 0 Å². The van der Waals surface area contributed by atoms with Crippen molar-refractivity contribution in [1.29, 1.82) is 0 Å². The smallest absolute Gasteiger partial charge is 0.189 e. The molecular formula is C28H33NO6. The molecule has 2 aliphatic heterocycles. The summed E-state index contributed by atoms with van der Waals surface area (Å²) >= 11 is 0. The van der Waals surface area contributed by atoms with Crippen LogP contribution in [-0.2, 0) is 4.74 Å². The van der Waals surface area contributed by atoms with Crippen molar-refractivity contribution in [2.75, 3.05) is 53.7 Å². The molecule has 7 heteroatoms. The van der Waals surface area contributed by atoms with E-state index in [1.807, 2.05) is 44.2 Å². The molecule has 1 saturated heterocycles. The number of ketones is 1. The Morgan fingerprint density at radius 1 is 1.06 bits per heavy atom. The third-order valence-corrected chi connectivity index (χ3v) is 6.04. The molecule has 2 aromatic carbocycles. The lowest BCUT2D eigenvalue weighted by Crippen LogP contribution is -2.38. The number of ether oxygens (including phenoxy) is 5. The number of morpholine rings is 1. The highest BCUT2D eigenvalue weighted by Gasteiger charge is 2.27. The first-order valence-electron chi connectivity index (χ1n) is 11.8. The Kier molecular flexibility index (Phi) is 7.78. The zero-order valence-corrected chi connectivity index (χ0v) is 20.8. The zero-order chi connectivity index (χ0) is 24.8. The molecule has 0 aromatic heterocycles. The van der Waals surface area contributed by atoms with E-state index < -0.39 is 5.60 Å². The molecule has 0 saturated carbocycles. The van der Waals surface area contributed by atoms with Crippen LogP contribution in [0.3, 0.4) is 0 Å². The maximum atomic E-state index is 13.2. The van der Waals surface area contributed by atoms with Crippen LogP contribution < -0.4 is 18.9 Å². The molecule has 35 heavy (non-hydrogen) atoms. The van der Waals surface area contributed by atoms with E-state index in [4.69, 9.17) is 23.7 Å². The molecule has 0 spiro atoms. The van der Waals surface area contributed by atoms with E-state index >= 15 is 0 Å². The molecule has 1 fully saturated rings.